The van der Waals surface area contributed by atoms with Crippen LogP contribution < -0.4 is 0 Å². The van der Waals surface area contributed by atoms with Crippen molar-refractivity contribution in [3.8, 4) is 0 Å². The standard InChI is InChI=1S/C5H9O2.ClH.Zn/c1-4(2)7-5(3)6;;/h4H,3H2,1-2H3;1H;/q-1;;+2/p-1. The Bertz CT molecular complexity index is 75.4. The number of halogens is 1. The molecule has 4 heteroatoms. The van der Waals surface area contributed by atoms with Crippen LogP contribution in [0.5, 0.6) is 0 Å². The van der Waals surface area contributed by atoms with Crippen molar-refractivity contribution in [3.05, 3.63) is 6.92 Å². The molecule has 50 valence electrons. The molecule has 0 aliphatic carbocycles. The number of hydrogen-bond donors (Lipinski definition) is 0. The van der Waals surface area contributed by atoms with Gasteiger partial charge in [0.05, 0.1) is 6.10 Å². The van der Waals surface area contributed by atoms with Crippen LogP contribution in [-0.4, -0.2) is 12.1 Å². The van der Waals surface area contributed by atoms with Crippen LogP contribution in [0.25, 0.3) is 0 Å². The summed E-state index contributed by atoms with van der Waals surface area (Å²) in [6.45, 7) is 6.58. The summed E-state index contributed by atoms with van der Waals surface area (Å²) in [7, 11) is 4.76. The van der Waals surface area contributed by atoms with Gasteiger partial charge in [0, 0.05) is 0 Å². The molecule has 0 radical (unpaired) electrons. The van der Waals surface area contributed by atoms with Gasteiger partial charge in [0.2, 0.25) is 0 Å². The van der Waals surface area contributed by atoms with Crippen molar-refractivity contribution >= 4 is 15.7 Å². The van der Waals surface area contributed by atoms with E-state index in [1.807, 2.05) is 0 Å². The Morgan fingerprint density at radius 1 is 1.67 bits per heavy atom. The molecule has 0 N–H and O–H groups in total. The maximum atomic E-state index is 9.92. The van der Waals surface area contributed by atoms with E-state index in [4.69, 9.17) is 9.69 Å². The molecule has 0 saturated carbocycles. The maximum absolute atomic E-state index is 9.92. The summed E-state index contributed by atoms with van der Waals surface area (Å²) in [5.41, 5.74) is 0. The predicted octanol–water partition coefficient (Wildman–Crippen LogP) is 1.46. The Hall–Kier alpha value is 0.253. The van der Waals surface area contributed by atoms with Gasteiger partial charge in [-0.15, -0.1) is 0 Å². The van der Waals surface area contributed by atoms with Gasteiger partial charge in [-0.2, -0.15) is 0 Å². The van der Waals surface area contributed by atoms with Gasteiger partial charge in [-0.1, -0.05) is 0 Å². The van der Waals surface area contributed by atoms with Gasteiger partial charge < -0.3 is 4.74 Å². The van der Waals surface area contributed by atoms with Gasteiger partial charge in [-0.3, -0.25) is 11.7 Å². The Kier molecular flexibility index (Phi) is 11.0. The summed E-state index contributed by atoms with van der Waals surface area (Å²) in [5.74, 6) is -0.463. The fourth-order valence-electron chi connectivity index (χ4n) is 0.263. The Balaban J connectivity index is 0. The Morgan fingerprint density at radius 2 is 2.00 bits per heavy atom. The van der Waals surface area contributed by atoms with Gasteiger partial charge in [-0.05, 0) is 13.8 Å². The van der Waals surface area contributed by atoms with Crippen molar-refractivity contribution < 1.29 is 26.8 Å². The van der Waals surface area contributed by atoms with Crippen molar-refractivity contribution in [3.63, 3.8) is 0 Å². The zero-order chi connectivity index (χ0) is 7.86. The van der Waals surface area contributed by atoms with Crippen molar-refractivity contribution in [2.24, 2.45) is 0 Å². The summed E-state index contributed by atoms with van der Waals surface area (Å²) in [6, 6.07) is 0. The molecule has 0 aromatic heterocycles. The zero-order valence-electron chi connectivity index (χ0n) is 5.69. The first-order valence-electron chi connectivity index (χ1n) is 2.42. The first kappa shape index (κ1) is 12.0. The van der Waals surface area contributed by atoms with E-state index in [1.54, 1.807) is 13.8 Å². The van der Waals surface area contributed by atoms with Crippen LogP contribution in [-0.2, 0) is 26.8 Å². The van der Waals surface area contributed by atoms with Crippen molar-refractivity contribution in [1.29, 1.82) is 0 Å². The van der Waals surface area contributed by atoms with Crippen LogP contribution >= 0.6 is 9.69 Å². The Morgan fingerprint density at radius 3 is 2.00 bits per heavy atom. The molecule has 0 fully saturated rings. The van der Waals surface area contributed by atoms with Gasteiger partial charge in [0.15, 0.2) is 5.97 Å². The average Bonchev–Trinajstić information content (AvgIpc) is 1.68. The number of ether oxygens (including phenoxy) is 1. The third-order valence-corrected chi connectivity index (χ3v) is 0.367. The second-order valence-electron chi connectivity index (χ2n) is 1.54. The van der Waals surface area contributed by atoms with Gasteiger partial charge >= 0.3 is 27.0 Å². The zero-order valence-corrected chi connectivity index (χ0v) is 9.41. The molecule has 0 rings (SSSR count). The predicted molar refractivity (Wildman–Crippen MR) is 32.4 cm³/mol. The summed E-state index contributed by atoms with van der Waals surface area (Å²) in [4.78, 5) is 9.92. The second-order valence-corrected chi connectivity index (χ2v) is 1.54. The second kappa shape index (κ2) is 8.25. The molecule has 0 spiro atoms. The van der Waals surface area contributed by atoms with Crippen LogP contribution in [0.2, 0.25) is 0 Å². The summed E-state index contributed by atoms with van der Waals surface area (Å²) < 4.78 is 4.50. The molecule has 0 atom stereocenters. The molecule has 0 bridgehead atoms. The van der Waals surface area contributed by atoms with E-state index in [-0.39, 0.29) is 6.10 Å². The summed E-state index contributed by atoms with van der Waals surface area (Å²) >= 11 is 0.847. The molecule has 0 saturated heterocycles. The normalized spacial score (nSPS) is 7.78. The van der Waals surface area contributed by atoms with Crippen LogP contribution in [0.3, 0.4) is 0 Å². The topological polar surface area (TPSA) is 26.3 Å². The minimum atomic E-state index is -0.463. The molecular weight excluding hydrogens is 193 g/mol. The molecule has 0 aromatic carbocycles. The molecule has 0 aliphatic heterocycles. The van der Waals surface area contributed by atoms with E-state index in [9.17, 15) is 4.79 Å². The monoisotopic (exact) mass is 200 g/mol. The number of carbonyl (C=O) groups excluding carboxylic acids is 1. The molecule has 2 nitrogen and oxygen atoms in total. The van der Waals surface area contributed by atoms with Crippen LogP contribution in [0.1, 0.15) is 13.8 Å². The SMILES string of the molecule is [CH2-]C(=O)OC(C)C.[Cl][Zn+]. The average molecular weight is 202 g/mol. The van der Waals surface area contributed by atoms with E-state index in [0.717, 1.165) is 17.3 Å². The summed E-state index contributed by atoms with van der Waals surface area (Å²) in [6.07, 6.45) is -0.0370. The number of carbonyl (C=O) groups is 1. The first-order valence-corrected chi connectivity index (χ1v) is 6.32. The van der Waals surface area contributed by atoms with Crippen molar-refractivity contribution in [1.82, 2.24) is 0 Å². The first-order chi connectivity index (χ1) is 4.13. The molecular formula is C5H9ClO2Zn. The van der Waals surface area contributed by atoms with Crippen LogP contribution in [0, 0.1) is 6.92 Å². The molecule has 9 heavy (non-hydrogen) atoms. The quantitative estimate of drug-likeness (QED) is 0.365. The molecule has 0 aromatic rings. The van der Waals surface area contributed by atoms with Crippen molar-refractivity contribution in [2.45, 2.75) is 20.0 Å². The number of hydrogen-bond acceptors (Lipinski definition) is 2. The van der Waals surface area contributed by atoms with Crippen molar-refractivity contribution in [2.75, 3.05) is 0 Å². The van der Waals surface area contributed by atoms with Gasteiger partial charge in [0.25, 0.3) is 0 Å². The number of rotatable bonds is 1. The molecule has 0 heterocycles. The third kappa shape index (κ3) is 17.8. The number of esters is 1. The summed E-state index contributed by atoms with van der Waals surface area (Å²) in [5, 5.41) is 0. The fraction of sp³-hybridized carbons (Fsp3) is 0.600. The minimum absolute atomic E-state index is 0.0370. The third-order valence-electron chi connectivity index (χ3n) is 0.367. The molecule has 0 amide bonds. The van der Waals surface area contributed by atoms with E-state index in [2.05, 4.69) is 11.7 Å². The Labute approximate surface area is 69.6 Å². The van der Waals surface area contributed by atoms with Crippen LogP contribution in [0.4, 0.5) is 0 Å². The van der Waals surface area contributed by atoms with Gasteiger partial charge in [-0.25, -0.2) is 0 Å². The van der Waals surface area contributed by atoms with Gasteiger partial charge in [0.1, 0.15) is 0 Å². The molecule has 0 unspecified atom stereocenters. The van der Waals surface area contributed by atoms with E-state index >= 15 is 0 Å². The van der Waals surface area contributed by atoms with E-state index < -0.39 is 5.97 Å². The fourth-order valence-corrected chi connectivity index (χ4v) is 0.263. The van der Waals surface area contributed by atoms with Crippen LogP contribution in [0.15, 0.2) is 0 Å². The van der Waals surface area contributed by atoms with E-state index in [0.29, 0.717) is 0 Å². The van der Waals surface area contributed by atoms with E-state index in [1.165, 1.54) is 0 Å². The molecule has 0 aliphatic rings.